The average Bonchev–Trinajstić information content (AvgIpc) is 2.29. The molecule has 1 heterocycles. The molecule has 5 nitrogen and oxygen atoms in total. The van der Waals surface area contributed by atoms with Gasteiger partial charge in [-0.3, -0.25) is 0 Å². The summed E-state index contributed by atoms with van der Waals surface area (Å²) in [6, 6.07) is 2.16. The van der Waals surface area contributed by atoms with Crippen LogP contribution in [0.3, 0.4) is 0 Å². The zero-order valence-corrected chi connectivity index (χ0v) is 11.0. The lowest BCUT2D eigenvalue weighted by Gasteiger charge is -2.19. The lowest BCUT2D eigenvalue weighted by Crippen LogP contribution is -2.27. The van der Waals surface area contributed by atoms with E-state index in [9.17, 15) is 0 Å². The maximum atomic E-state index is 8.04. The number of aromatic nitrogens is 2. The molecule has 0 fully saturated rings. The fourth-order valence-electron chi connectivity index (χ4n) is 1.38. The fraction of sp³-hybridized carbons (Fsp3) is 0.583. The molecule has 1 aromatic heterocycles. The van der Waals surface area contributed by atoms with Crippen molar-refractivity contribution in [1.82, 2.24) is 14.9 Å². The van der Waals surface area contributed by atoms with E-state index in [0.717, 1.165) is 12.4 Å². The molecule has 0 spiro atoms. The first-order valence-corrected chi connectivity index (χ1v) is 5.84. The highest BCUT2D eigenvalue weighted by atomic mass is 15.1. The summed E-state index contributed by atoms with van der Waals surface area (Å²) >= 11 is 0. The Hall–Kier alpha value is -1.49. The molecule has 0 aliphatic heterocycles. The number of anilines is 1. The average molecular weight is 235 g/mol. The summed E-state index contributed by atoms with van der Waals surface area (Å²) in [4.78, 5) is 10.3. The van der Waals surface area contributed by atoms with Crippen LogP contribution in [0.5, 0.6) is 0 Å². The van der Waals surface area contributed by atoms with E-state index in [1.807, 2.05) is 27.1 Å². The summed E-state index contributed by atoms with van der Waals surface area (Å²) in [6.45, 7) is 4.93. The van der Waals surface area contributed by atoms with E-state index in [1.165, 1.54) is 6.33 Å². The van der Waals surface area contributed by atoms with Gasteiger partial charge in [-0.1, -0.05) is 0 Å². The Balaban J connectivity index is 2.71. The van der Waals surface area contributed by atoms with Gasteiger partial charge in [-0.15, -0.1) is 0 Å². The molecule has 5 heteroatoms. The zero-order chi connectivity index (χ0) is 12.8. The Bertz CT molecular complexity index is 375. The van der Waals surface area contributed by atoms with E-state index >= 15 is 0 Å². The van der Waals surface area contributed by atoms with Crippen molar-refractivity contribution in [3.05, 3.63) is 18.1 Å². The van der Waals surface area contributed by atoms with Crippen LogP contribution in [0, 0.1) is 5.41 Å². The third kappa shape index (κ3) is 4.11. The van der Waals surface area contributed by atoms with Crippen LogP contribution < -0.4 is 5.32 Å². The predicted octanol–water partition coefficient (Wildman–Crippen LogP) is 1.62. The fourth-order valence-corrected chi connectivity index (χ4v) is 1.38. The molecule has 0 aromatic carbocycles. The molecule has 1 atom stereocenters. The zero-order valence-electron chi connectivity index (χ0n) is 11.0. The van der Waals surface area contributed by atoms with Gasteiger partial charge in [-0.25, -0.2) is 9.97 Å². The third-order valence-electron chi connectivity index (χ3n) is 2.72. The van der Waals surface area contributed by atoms with Gasteiger partial charge in [0.2, 0.25) is 0 Å². The van der Waals surface area contributed by atoms with Crippen molar-refractivity contribution in [3.63, 3.8) is 0 Å². The quantitative estimate of drug-likeness (QED) is 0.735. The summed E-state index contributed by atoms with van der Waals surface area (Å²) < 4.78 is 0. The van der Waals surface area contributed by atoms with Crippen molar-refractivity contribution < 1.29 is 0 Å². The molecule has 2 N–H and O–H groups in total. The van der Waals surface area contributed by atoms with Gasteiger partial charge in [0.15, 0.2) is 0 Å². The summed E-state index contributed by atoms with van der Waals surface area (Å²) in [5.74, 6) is 0.778. The first-order valence-electron chi connectivity index (χ1n) is 5.84. The molecule has 1 unspecified atom stereocenters. The first kappa shape index (κ1) is 13.6. The van der Waals surface area contributed by atoms with Crippen LogP contribution in [0.2, 0.25) is 0 Å². The van der Waals surface area contributed by atoms with Crippen molar-refractivity contribution in [2.24, 2.45) is 0 Å². The summed E-state index contributed by atoms with van der Waals surface area (Å²) in [5, 5.41) is 11.2. The van der Waals surface area contributed by atoms with E-state index in [1.54, 1.807) is 0 Å². The Kier molecular flexibility index (Phi) is 5.03. The molecule has 94 valence electrons. The van der Waals surface area contributed by atoms with Crippen molar-refractivity contribution in [1.29, 1.82) is 5.41 Å². The lowest BCUT2D eigenvalue weighted by atomic mass is 10.1. The topological polar surface area (TPSA) is 64.9 Å². The van der Waals surface area contributed by atoms with Gasteiger partial charge in [0.1, 0.15) is 12.1 Å². The Morgan fingerprint density at radius 3 is 2.76 bits per heavy atom. The van der Waals surface area contributed by atoms with E-state index in [0.29, 0.717) is 23.9 Å². The van der Waals surface area contributed by atoms with Gasteiger partial charge in [0.25, 0.3) is 0 Å². The van der Waals surface area contributed by atoms with Crippen molar-refractivity contribution in [2.75, 3.05) is 26.0 Å². The van der Waals surface area contributed by atoms with Gasteiger partial charge in [0, 0.05) is 25.1 Å². The first-order chi connectivity index (χ1) is 8.04. The van der Waals surface area contributed by atoms with Crippen LogP contribution >= 0.6 is 0 Å². The molecule has 0 saturated carbocycles. The molecule has 0 radical (unpaired) electrons. The molecule has 17 heavy (non-hydrogen) atoms. The van der Waals surface area contributed by atoms with Crippen LogP contribution in [-0.4, -0.2) is 47.3 Å². The van der Waals surface area contributed by atoms with Gasteiger partial charge >= 0.3 is 0 Å². The molecule has 1 rings (SSSR count). The third-order valence-corrected chi connectivity index (χ3v) is 2.72. The normalized spacial score (nSPS) is 12.5. The lowest BCUT2D eigenvalue weighted by molar-refractivity contribution is 0.321. The van der Waals surface area contributed by atoms with E-state index in [-0.39, 0.29) is 0 Å². The van der Waals surface area contributed by atoms with Crippen molar-refractivity contribution in [2.45, 2.75) is 26.3 Å². The molecule has 1 aromatic rings. The minimum atomic E-state index is 0.333. The summed E-state index contributed by atoms with van der Waals surface area (Å²) in [7, 11) is 4.03. The minimum absolute atomic E-state index is 0.333. The molecular weight excluding hydrogens is 214 g/mol. The number of nitrogens with one attached hydrogen (secondary N) is 2. The highest BCUT2D eigenvalue weighted by Gasteiger charge is 2.11. The van der Waals surface area contributed by atoms with Gasteiger partial charge in [0.05, 0.1) is 11.4 Å². The number of rotatable bonds is 6. The maximum absolute atomic E-state index is 8.04. The second-order valence-corrected chi connectivity index (χ2v) is 4.31. The van der Waals surface area contributed by atoms with Crippen molar-refractivity contribution >= 4 is 11.5 Å². The molecule has 0 amide bonds. The second kappa shape index (κ2) is 6.30. The summed E-state index contributed by atoms with van der Waals surface area (Å²) in [5.41, 5.74) is 1.25. The minimum Gasteiger partial charge on any atom is -0.370 e. The maximum Gasteiger partial charge on any atom is 0.129 e. The van der Waals surface area contributed by atoms with E-state index in [2.05, 4.69) is 27.1 Å². The molecule has 0 bridgehead atoms. The largest absolute Gasteiger partial charge is 0.370 e. The molecular formula is C12H21N5. The van der Waals surface area contributed by atoms with E-state index < -0.39 is 0 Å². The highest BCUT2D eigenvalue weighted by Crippen LogP contribution is 2.09. The van der Waals surface area contributed by atoms with Crippen LogP contribution in [0.15, 0.2) is 12.4 Å². The SMILES string of the molecule is CCNc1cc(C(=N)CC(C)N(C)C)ncn1. The predicted molar refractivity (Wildman–Crippen MR) is 70.8 cm³/mol. The van der Waals surface area contributed by atoms with Gasteiger partial charge < -0.3 is 15.6 Å². The molecule has 0 aliphatic carbocycles. The highest BCUT2D eigenvalue weighted by molar-refractivity contribution is 5.97. The van der Waals surface area contributed by atoms with Crippen LogP contribution in [0.1, 0.15) is 26.0 Å². The van der Waals surface area contributed by atoms with Gasteiger partial charge in [-0.2, -0.15) is 0 Å². The van der Waals surface area contributed by atoms with Crippen LogP contribution in [0.4, 0.5) is 5.82 Å². The smallest absolute Gasteiger partial charge is 0.129 e. The molecule has 0 aliphatic rings. The monoisotopic (exact) mass is 235 g/mol. The second-order valence-electron chi connectivity index (χ2n) is 4.31. The summed E-state index contributed by atoms with van der Waals surface area (Å²) in [6.07, 6.45) is 2.19. The Morgan fingerprint density at radius 2 is 2.18 bits per heavy atom. The standard InChI is InChI=1S/C12H21N5/c1-5-14-12-7-11(15-8-16-12)10(13)6-9(2)17(3)4/h7-9,13H,5-6H2,1-4H3,(H,14,15,16). The number of nitrogens with zero attached hydrogens (tertiary/aromatic N) is 3. The number of hydrogen-bond donors (Lipinski definition) is 2. The Labute approximate surface area is 103 Å². The Morgan fingerprint density at radius 1 is 1.47 bits per heavy atom. The van der Waals surface area contributed by atoms with E-state index in [4.69, 9.17) is 5.41 Å². The van der Waals surface area contributed by atoms with Crippen molar-refractivity contribution in [3.8, 4) is 0 Å². The van der Waals surface area contributed by atoms with Crippen LogP contribution in [0.25, 0.3) is 0 Å². The van der Waals surface area contributed by atoms with Crippen LogP contribution in [-0.2, 0) is 0 Å². The molecule has 0 saturated heterocycles. The van der Waals surface area contributed by atoms with Gasteiger partial charge in [-0.05, 0) is 27.9 Å². The number of hydrogen-bond acceptors (Lipinski definition) is 5.